The Morgan fingerprint density at radius 1 is 1.32 bits per heavy atom. The maximum atomic E-state index is 12.7. The van der Waals surface area contributed by atoms with Gasteiger partial charge in [-0.1, -0.05) is 26.2 Å². The molecule has 2 atom stereocenters. The Morgan fingerprint density at radius 2 is 2.05 bits per heavy atom. The van der Waals surface area contributed by atoms with Crippen LogP contribution in [0.15, 0.2) is 23.1 Å². The Bertz CT molecular complexity index is 551. The first-order valence-corrected chi connectivity index (χ1v) is 8.59. The van der Waals surface area contributed by atoms with E-state index in [1.807, 2.05) is 6.92 Å². The summed E-state index contributed by atoms with van der Waals surface area (Å²) in [6.45, 7) is 3.97. The summed E-state index contributed by atoms with van der Waals surface area (Å²) in [5, 5.41) is -0.214. The van der Waals surface area contributed by atoms with Crippen molar-refractivity contribution >= 4 is 15.5 Å². The van der Waals surface area contributed by atoms with Crippen molar-refractivity contribution in [3.63, 3.8) is 0 Å². The van der Waals surface area contributed by atoms with Gasteiger partial charge in [-0.2, -0.15) is 0 Å². The largest absolute Gasteiger partial charge is 0.399 e. The van der Waals surface area contributed by atoms with Gasteiger partial charge in [0.2, 0.25) is 0 Å². The Balaban J connectivity index is 2.31. The molecule has 0 aliphatic heterocycles. The molecule has 106 valence electrons. The molecule has 0 spiro atoms. The lowest BCUT2D eigenvalue weighted by Gasteiger charge is -2.28. The highest BCUT2D eigenvalue weighted by Crippen LogP contribution is 2.34. The van der Waals surface area contributed by atoms with Crippen LogP contribution in [0.3, 0.4) is 0 Å². The van der Waals surface area contributed by atoms with Crippen molar-refractivity contribution in [2.45, 2.75) is 56.1 Å². The third-order valence-corrected chi connectivity index (χ3v) is 6.63. The number of nitrogens with two attached hydrogens (primary N) is 1. The van der Waals surface area contributed by atoms with Crippen molar-refractivity contribution in [3.8, 4) is 0 Å². The minimum Gasteiger partial charge on any atom is -0.399 e. The molecule has 0 bridgehead atoms. The standard InChI is InChI=1S/C15H23NO2S/c1-3-12-5-4-6-14(10-12)19(17,18)15-8-7-13(16)9-11(15)2/h7-9,12,14H,3-6,10,16H2,1-2H3. The number of anilines is 1. The average molecular weight is 281 g/mol. The first-order chi connectivity index (χ1) is 8.95. The molecule has 1 saturated carbocycles. The molecule has 3 nitrogen and oxygen atoms in total. The fourth-order valence-corrected chi connectivity index (χ4v) is 5.19. The summed E-state index contributed by atoms with van der Waals surface area (Å²) >= 11 is 0. The van der Waals surface area contributed by atoms with E-state index in [9.17, 15) is 8.42 Å². The van der Waals surface area contributed by atoms with E-state index in [-0.39, 0.29) is 5.25 Å². The van der Waals surface area contributed by atoms with E-state index in [2.05, 4.69) is 6.92 Å². The van der Waals surface area contributed by atoms with Crippen LogP contribution in [0.2, 0.25) is 0 Å². The lowest BCUT2D eigenvalue weighted by molar-refractivity contribution is 0.348. The van der Waals surface area contributed by atoms with Gasteiger partial charge >= 0.3 is 0 Å². The van der Waals surface area contributed by atoms with E-state index in [1.54, 1.807) is 18.2 Å². The van der Waals surface area contributed by atoms with E-state index in [0.29, 0.717) is 16.5 Å². The second-order valence-electron chi connectivity index (χ2n) is 5.63. The predicted octanol–water partition coefficient (Wildman–Crippen LogP) is 3.32. The summed E-state index contributed by atoms with van der Waals surface area (Å²) in [5.74, 6) is 0.558. The SMILES string of the molecule is CCC1CCCC(S(=O)(=O)c2ccc(N)cc2C)C1. The van der Waals surface area contributed by atoms with Crippen LogP contribution in [0.1, 0.15) is 44.6 Å². The fourth-order valence-electron chi connectivity index (χ4n) is 3.07. The number of aryl methyl sites for hydroxylation is 1. The van der Waals surface area contributed by atoms with E-state index < -0.39 is 9.84 Å². The van der Waals surface area contributed by atoms with Crippen molar-refractivity contribution in [3.05, 3.63) is 23.8 Å². The first kappa shape index (κ1) is 14.4. The molecule has 2 unspecified atom stereocenters. The summed E-state index contributed by atoms with van der Waals surface area (Å²) in [4.78, 5) is 0.462. The lowest BCUT2D eigenvalue weighted by atomic mass is 9.87. The van der Waals surface area contributed by atoms with Gasteiger partial charge in [0.1, 0.15) is 0 Å². The molecule has 0 aromatic heterocycles. The van der Waals surface area contributed by atoms with Crippen molar-refractivity contribution in [2.75, 3.05) is 5.73 Å². The van der Waals surface area contributed by atoms with Crippen LogP contribution in [0.4, 0.5) is 5.69 Å². The van der Waals surface area contributed by atoms with Gasteiger partial charge < -0.3 is 5.73 Å². The Hall–Kier alpha value is -1.03. The van der Waals surface area contributed by atoms with Gasteiger partial charge in [0.25, 0.3) is 0 Å². The zero-order valence-corrected chi connectivity index (χ0v) is 12.5. The molecule has 0 heterocycles. The molecule has 19 heavy (non-hydrogen) atoms. The van der Waals surface area contributed by atoms with Gasteiger partial charge in [0.05, 0.1) is 10.1 Å². The number of benzene rings is 1. The monoisotopic (exact) mass is 281 g/mol. The van der Waals surface area contributed by atoms with Gasteiger partial charge in [-0.05, 0) is 49.4 Å². The second-order valence-corrected chi connectivity index (χ2v) is 7.83. The molecule has 0 radical (unpaired) electrons. The average Bonchev–Trinajstić information content (AvgIpc) is 2.38. The molecule has 4 heteroatoms. The number of hydrogen-bond donors (Lipinski definition) is 1. The lowest BCUT2D eigenvalue weighted by Crippen LogP contribution is -2.28. The highest BCUT2D eigenvalue weighted by molar-refractivity contribution is 7.92. The molecule has 0 saturated heterocycles. The Kier molecular flexibility index (Phi) is 4.19. The number of nitrogen functional groups attached to an aromatic ring is 1. The smallest absolute Gasteiger partial charge is 0.181 e. The summed E-state index contributed by atoms with van der Waals surface area (Å²) in [6, 6.07) is 5.09. The zero-order valence-electron chi connectivity index (χ0n) is 11.7. The van der Waals surface area contributed by atoms with Crippen molar-refractivity contribution in [1.82, 2.24) is 0 Å². The van der Waals surface area contributed by atoms with E-state index in [1.165, 1.54) is 6.42 Å². The maximum Gasteiger partial charge on any atom is 0.181 e. The molecule has 0 amide bonds. The molecule has 2 N–H and O–H groups in total. The summed E-state index contributed by atoms with van der Waals surface area (Å²) in [5.41, 5.74) is 7.08. The molecular formula is C15H23NO2S. The van der Waals surface area contributed by atoms with E-state index in [0.717, 1.165) is 31.2 Å². The predicted molar refractivity (Wildman–Crippen MR) is 78.8 cm³/mol. The molecule has 1 aliphatic carbocycles. The molecular weight excluding hydrogens is 258 g/mol. The highest BCUT2D eigenvalue weighted by Gasteiger charge is 2.33. The van der Waals surface area contributed by atoms with E-state index in [4.69, 9.17) is 5.73 Å². The molecule has 1 aromatic carbocycles. The summed E-state index contributed by atoms with van der Waals surface area (Å²) in [7, 11) is -3.21. The normalized spacial score (nSPS) is 24.3. The second kappa shape index (κ2) is 5.53. The minimum absolute atomic E-state index is 0.214. The molecule has 1 aliphatic rings. The van der Waals surface area contributed by atoms with Crippen LogP contribution in [0.25, 0.3) is 0 Å². The highest BCUT2D eigenvalue weighted by atomic mass is 32.2. The van der Waals surface area contributed by atoms with Crippen LogP contribution in [0.5, 0.6) is 0 Å². The fraction of sp³-hybridized carbons (Fsp3) is 0.600. The Labute approximate surface area is 116 Å². The Morgan fingerprint density at radius 3 is 2.68 bits per heavy atom. The molecule has 2 rings (SSSR count). The van der Waals surface area contributed by atoms with Crippen LogP contribution in [0, 0.1) is 12.8 Å². The van der Waals surface area contributed by atoms with Crippen molar-refractivity contribution in [1.29, 1.82) is 0 Å². The minimum atomic E-state index is -3.21. The van der Waals surface area contributed by atoms with Crippen LogP contribution < -0.4 is 5.73 Å². The first-order valence-electron chi connectivity index (χ1n) is 7.05. The van der Waals surface area contributed by atoms with Crippen molar-refractivity contribution in [2.24, 2.45) is 5.92 Å². The third-order valence-electron chi connectivity index (χ3n) is 4.26. The van der Waals surface area contributed by atoms with Gasteiger partial charge in [0, 0.05) is 5.69 Å². The molecule has 1 fully saturated rings. The van der Waals surface area contributed by atoms with Crippen LogP contribution in [-0.4, -0.2) is 13.7 Å². The number of hydrogen-bond acceptors (Lipinski definition) is 3. The van der Waals surface area contributed by atoms with E-state index >= 15 is 0 Å². The number of sulfone groups is 1. The van der Waals surface area contributed by atoms with Crippen LogP contribution in [-0.2, 0) is 9.84 Å². The van der Waals surface area contributed by atoms with Gasteiger partial charge in [-0.15, -0.1) is 0 Å². The van der Waals surface area contributed by atoms with Gasteiger partial charge in [-0.25, -0.2) is 8.42 Å². The van der Waals surface area contributed by atoms with Crippen molar-refractivity contribution < 1.29 is 8.42 Å². The number of rotatable bonds is 3. The summed E-state index contributed by atoms with van der Waals surface area (Å²) in [6.07, 6.45) is 4.87. The quantitative estimate of drug-likeness (QED) is 0.865. The van der Waals surface area contributed by atoms with Gasteiger partial charge in [0.15, 0.2) is 9.84 Å². The third kappa shape index (κ3) is 2.94. The topological polar surface area (TPSA) is 60.2 Å². The van der Waals surface area contributed by atoms with Gasteiger partial charge in [-0.3, -0.25) is 0 Å². The summed E-state index contributed by atoms with van der Waals surface area (Å²) < 4.78 is 25.5. The maximum absolute atomic E-state index is 12.7. The molecule has 1 aromatic rings. The van der Waals surface area contributed by atoms with Crippen LogP contribution >= 0.6 is 0 Å². The zero-order chi connectivity index (χ0) is 14.0.